The van der Waals surface area contributed by atoms with Gasteiger partial charge in [-0.2, -0.15) is 4.98 Å². The molecule has 2 aromatic rings. The zero-order valence-electron chi connectivity index (χ0n) is 12.4. The first kappa shape index (κ1) is 15.2. The van der Waals surface area contributed by atoms with Crippen LogP contribution in [0.5, 0.6) is 0 Å². The third kappa shape index (κ3) is 4.15. The summed E-state index contributed by atoms with van der Waals surface area (Å²) in [5, 5.41) is 3.95. The molecule has 0 aliphatic carbocycles. The van der Waals surface area contributed by atoms with Crippen molar-refractivity contribution in [2.75, 3.05) is 6.61 Å². The fraction of sp³-hybridized carbons (Fsp3) is 0.438. The lowest BCUT2D eigenvalue weighted by Crippen LogP contribution is -2.15. The number of carbonyl (C=O) groups excluding carboxylic acids is 1. The lowest BCUT2D eigenvalue weighted by atomic mass is 10.1. The lowest BCUT2D eigenvalue weighted by molar-refractivity contribution is -0.145. The molecule has 21 heavy (non-hydrogen) atoms. The predicted molar refractivity (Wildman–Crippen MR) is 77.8 cm³/mol. The summed E-state index contributed by atoms with van der Waals surface area (Å²) < 4.78 is 10.2. The monoisotopic (exact) mass is 288 g/mol. The molecular weight excluding hydrogens is 268 g/mol. The maximum atomic E-state index is 11.8. The Kier molecular flexibility index (Phi) is 5.49. The molecule has 5 heteroatoms. The van der Waals surface area contributed by atoms with Gasteiger partial charge >= 0.3 is 5.97 Å². The van der Waals surface area contributed by atoms with Gasteiger partial charge in [0.05, 0.1) is 6.61 Å². The van der Waals surface area contributed by atoms with Crippen molar-refractivity contribution in [3.63, 3.8) is 0 Å². The zero-order valence-corrected chi connectivity index (χ0v) is 12.4. The van der Waals surface area contributed by atoms with Crippen LogP contribution >= 0.6 is 0 Å². The van der Waals surface area contributed by atoms with Gasteiger partial charge in [-0.15, -0.1) is 0 Å². The second-order valence-electron chi connectivity index (χ2n) is 4.75. The third-order valence-electron chi connectivity index (χ3n) is 3.24. The Hall–Kier alpha value is -2.17. The van der Waals surface area contributed by atoms with E-state index in [1.807, 2.05) is 25.1 Å². The number of carbonyl (C=O) groups is 1. The van der Waals surface area contributed by atoms with Crippen molar-refractivity contribution in [2.45, 2.75) is 39.0 Å². The molecule has 0 radical (unpaired) electrons. The molecule has 1 heterocycles. The van der Waals surface area contributed by atoms with Gasteiger partial charge < -0.3 is 9.26 Å². The summed E-state index contributed by atoms with van der Waals surface area (Å²) >= 11 is 0. The summed E-state index contributed by atoms with van der Waals surface area (Å²) in [5.74, 6) is 0.191. The molecule has 0 amide bonds. The van der Waals surface area contributed by atoms with Crippen molar-refractivity contribution in [1.82, 2.24) is 10.1 Å². The number of aryl methyl sites for hydroxylation is 2. The average Bonchev–Trinajstić information content (AvgIpc) is 2.96. The molecular formula is C16H20N2O3. The summed E-state index contributed by atoms with van der Waals surface area (Å²) in [5.41, 5.74) is 1.22. The van der Waals surface area contributed by atoms with E-state index in [0.717, 1.165) is 6.42 Å². The standard InChI is InChI=1S/C16H20N2O3/c1-3-13(16(19)20-4-2)15-17-14(18-21-15)11-10-12-8-6-5-7-9-12/h5-9,13H,3-4,10-11H2,1-2H3. The van der Waals surface area contributed by atoms with Crippen LogP contribution in [0, 0.1) is 0 Å². The Bertz CT molecular complexity index is 566. The minimum absolute atomic E-state index is 0.307. The van der Waals surface area contributed by atoms with Crippen LogP contribution in [0.15, 0.2) is 34.9 Å². The van der Waals surface area contributed by atoms with Gasteiger partial charge in [-0.05, 0) is 25.3 Å². The molecule has 0 saturated carbocycles. The molecule has 0 bridgehead atoms. The van der Waals surface area contributed by atoms with Crippen molar-refractivity contribution in [2.24, 2.45) is 0 Å². The number of hydrogen-bond donors (Lipinski definition) is 0. The molecule has 0 aliphatic rings. The van der Waals surface area contributed by atoms with Crippen LogP contribution in [0.25, 0.3) is 0 Å². The number of aromatic nitrogens is 2. The molecule has 2 rings (SSSR count). The topological polar surface area (TPSA) is 65.2 Å². The van der Waals surface area contributed by atoms with Crippen molar-refractivity contribution in [3.8, 4) is 0 Å². The first-order chi connectivity index (χ1) is 10.2. The summed E-state index contributed by atoms with van der Waals surface area (Å²) in [7, 11) is 0. The highest BCUT2D eigenvalue weighted by atomic mass is 16.5. The predicted octanol–water partition coefficient (Wildman–Crippen LogP) is 2.91. The average molecular weight is 288 g/mol. The van der Waals surface area contributed by atoms with E-state index < -0.39 is 5.92 Å². The fourth-order valence-corrected chi connectivity index (χ4v) is 2.10. The number of rotatable bonds is 7. The van der Waals surface area contributed by atoms with Gasteiger partial charge in [0.25, 0.3) is 0 Å². The first-order valence-electron chi connectivity index (χ1n) is 7.27. The summed E-state index contributed by atoms with van der Waals surface area (Å²) in [6, 6.07) is 10.1. The van der Waals surface area contributed by atoms with Crippen LogP contribution < -0.4 is 0 Å². The van der Waals surface area contributed by atoms with Gasteiger partial charge in [0.15, 0.2) is 5.82 Å². The molecule has 1 aromatic carbocycles. The van der Waals surface area contributed by atoms with Crippen molar-refractivity contribution < 1.29 is 14.1 Å². The van der Waals surface area contributed by atoms with Gasteiger partial charge in [-0.25, -0.2) is 0 Å². The van der Waals surface area contributed by atoms with Gasteiger partial charge in [0.1, 0.15) is 5.92 Å². The minimum atomic E-state index is -0.470. The van der Waals surface area contributed by atoms with E-state index in [4.69, 9.17) is 9.26 Å². The summed E-state index contributed by atoms with van der Waals surface area (Å²) in [6.07, 6.45) is 2.11. The number of nitrogens with zero attached hydrogens (tertiary/aromatic N) is 2. The Morgan fingerprint density at radius 3 is 2.67 bits per heavy atom. The fourth-order valence-electron chi connectivity index (χ4n) is 2.10. The van der Waals surface area contributed by atoms with E-state index >= 15 is 0 Å². The van der Waals surface area contributed by atoms with Crippen LogP contribution in [0.1, 0.15) is 43.5 Å². The van der Waals surface area contributed by atoms with Crippen LogP contribution in [0.2, 0.25) is 0 Å². The molecule has 112 valence electrons. The molecule has 0 spiro atoms. The molecule has 0 fully saturated rings. The summed E-state index contributed by atoms with van der Waals surface area (Å²) in [6.45, 7) is 4.03. The van der Waals surface area contributed by atoms with Crippen LogP contribution in [0.4, 0.5) is 0 Å². The molecule has 0 saturated heterocycles. The number of ether oxygens (including phenoxy) is 1. The Morgan fingerprint density at radius 1 is 1.24 bits per heavy atom. The van der Waals surface area contributed by atoms with Crippen LogP contribution in [-0.4, -0.2) is 22.7 Å². The van der Waals surface area contributed by atoms with E-state index in [1.165, 1.54) is 5.56 Å². The molecule has 1 unspecified atom stereocenters. The minimum Gasteiger partial charge on any atom is -0.465 e. The van der Waals surface area contributed by atoms with E-state index in [2.05, 4.69) is 22.3 Å². The molecule has 1 aromatic heterocycles. The number of benzene rings is 1. The van der Waals surface area contributed by atoms with Crippen LogP contribution in [-0.2, 0) is 22.4 Å². The molecule has 0 N–H and O–H groups in total. The van der Waals surface area contributed by atoms with E-state index in [9.17, 15) is 4.79 Å². The zero-order chi connectivity index (χ0) is 15.1. The smallest absolute Gasteiger partial charge is 0.318 e. The van der Waals surface area contributed by atoms with Crippen molar-refractivity contribution in [3.05, 3.63) is 47.6 Å². The summed E-state index contributed by atoms with van der Waals surface area (Å²) in [4.78, 5) is 16.1. The maximum Gasteiger partial charge on any atom is 0.318 e. The van der Waals surface area contributed by atoms with Gasteiger partial charge in [0.2, 0.25) is 5.89 Å². The third-order valence-corrected chi connectivity index (χ3v) is 3.24. The highest BCUT2D eigenvalue weighted by Gasteiger charge is 2.26. The van der Waals surface area contributed by atoms with Crippen molar-refractivity contribution in [1.29, 1.82) is 0 Å². The number of hydrogen-bond acceptors (Lipinski definition) is 5. The molecule has 1 atom stereocenters. The second-order valence-corrected chi connectivity index (χ2v) is 4.75. The largest absolute Gasteiger partial charge is 0.465 e. The van der Waals surface area contributed by atoms with Crippen molar-refractivity contribution >= 4 is 5.97 Å². The molecule has 5 nitrogen and oxygen atoms in total. The normalized spacial score (nSPS) is 12.1. The highest BCUT2D eigenvalue weighted by molar-refractivity contribution is 5.76. The quantitative estimate of drug-likeness (QED) is 0.733. The van der Waals surface area contributed by atoms with E-state index in [0.29, 0.717) is 31.2 Å². The Labute approximate surface area is 124 Å². The molecule has 0 aliphatic heterocycles. The van der Waals surface area contributed by atoms with E-state index in [-0.39, 0.29) is 5.97 Å². The van der Waals surface area contributed by atoms with Crippen LogP contribution in [0.3, 0.4) is 0 Å². The number of esters is 1. The Morgan fingerprint density at radius 2 is 2.00 bits per heavy atom. The lowest BCUT2D eigenvalue weighted by Gasteiger charge is -2.08. The second kappa shape index (κ2) is 7.57. The van der Waals surface area contributed by atoms with E-state index in [1.54, 1.807) is 6.92 Å². The SMILES string of the molecule is CCOC(=O)C(CC)c1nc(CCc2ccccc2)no1. The van der Waals surface area contributed by atoms with Gasteiger partial charge in [0, 0.05) is 6.42 Å². The Balaban J connectivity index is 1.98. The van der Waals surface area contributed by atoms with Gasteiger partial charge in [-0.3, -0.25) is 4.79 Å². The van der Waals surface area contributed by atoms with Gasteiger partial charge in [-0.1, -0.05) is 42.4 Å². The first-order valence-corrected chi connectivity index (χ1v) is 7.27. The highest BCUT2D eigenvalue weighted by Crippen LogP contribution is 2.19. The maximum absolute atomic E-state index is 11.8.